The highest BCUT2D eigenvalue weighted by atomic mass is 16.2. The number of imidazole rings is 1. The Balaban J connectivity index is 1.39. The van der Waals surface area contributed by atoms with Gasteiger partial charge in [-0.3, -0.25) is 9.59 Å². The number of hydrogen-bond acceptors (Lipinski definition) is 3. The molecule has 6 nitrogen and oxygen atoms in total. The van der Waals surface area contributed by atoms with E-state index in [1.165, 1.54) is 0 Å². The number of hydrogen-bond donors (Lipinski definition) is 1. The molecule has 29 heavy (non-hydrogen) atoms. The van der Waals surface area contributed by atoms with Gasteiger partial charge < -0.3 is 14.6 Å². The normalized spacial score (nSPS) is 16.5. The van der Waals surface area contributed by atoms with Crippen molar-refractivity contribution in [3.05, 3.63) is 71.7 Å². The molecule has 2 aromatic heterocycles. The van der Waals surface area contributed by atoms with Crippen molar-refractivity contribution in [1.29, 1.82) is 0 Å². The van der Waals surface area contributed by atoms with E-state index in [0.717, 1.165) is 30.6 Å². The maximum atomic E-state index is 12.9. The van der Waals surface area contributed by atoms with Crippen molar-refractivity contribution in [3.8, 4) is 0 Å². The Morgan fingerprint density at radius 3 is 2.66 bits per heavy atom. The molecular weight excluding hydrogens is 364 g/mol. The van der Waals surface area contributed by atoms with Gasteiger partial charge in [0.2, 0.25) is 0 Å². The standard InChI is InChI=1S/C23H26N4O2/c1-16(2)20-4-3-11-27(20)23(29)19-7-5-18(6-8-19)22(28)25-15-17-9-12-26-13-10-24-21(26)14-17/h5-10,12-14,16,20H,3-4,11,15H2,1-2H3,(H,25,28). The van der Waals surface area contributed by atoms with Crippen LogP contribution in [0.3, 0.4) is 0 Å². The van der Waals surface area contributed by atoms with Gasteiger partial charge in [-0.25, -0.2) is 4.98 Å². The SMILES string of the molecule is CC(C)C1CCCN1C(=O)c1ccc(C(=O)NCc2ccn3ccnc3c2)cc1. The summed E-state index contributed by atoms with van der Waals surface area (Å²) < 4.78 is 1.92. The number of carbonyl (C=O) groups excluding carboxylic acids is 2. The molecule has 1 unspecified atom stereocenters. The monoisotopic (exact) mass is 390 g/mol. The second-order valence-electron chi connectivity index (χ2n) is 7.94. The minimum Gasteiger partial charge on any atom is -0.348 e. The third-order valence-corrected chi connectivity index (χ3v) is 5.64. The van der Waals surface area contributed by atoms with Crippen LogP contribution >= 0.6 is 0 Å². The van der Waals surface area contributed by atoms with E-state index in [9.17, 15) is 9.59 Å². The summed E-state index contributed by atoms with van der Waals surface area (Å²) in [5.74, 6) is 0.349. The van der Waals surface area contributed by atoms with Crippen LogP contribution in [0.15, 0.2) is 55.0 Å². The molecule has 1 aliphatic rings. The Morgan fingerprint density at radius 1 is 1.14 bits per heavy atom. The molecule has 4 rings (SSSR count). The molecule has 1 fully saturated rings. The lowest BCUT2D eigenvalue weighted by molar-refractivity contribution is 0.0701. The summed E-state index contributed by atoms with van der Waals surface area (Å²) in [7, 11) is 0. The van der Waals surface area contributed by atoms with Crippen molar-refractivity contribution in [2.45, 2.75) is 39.3 Å². The predicted molar refractivity (Wildman–Crippen MR) is 112 cm³/mol. The maximum absolute atomic E-state index is 12.9. The molecule has 1 N–H and O–H groups in total. The van der Waals surface area contributed by atoms with Crippen LogP contribution in [0.5, 0.6) is 0 Å². The van der Waals surface area contributed by atoms with Gasteiger partial charge in [0.1, 0.15) is 5.65 Å². The Morgan fingerprint density at radius 2 is 1.90 bits per heavy atom. The first-order valence-corrected chi connectivity index (χ1v) is 10.1. The van der Waals surface area contributed by atoms with E-state index in [2.05, 4.69) is 24.1 Å². The van der Waals surface area contributed by atoms with Gasteiger partial charge in [-0.15, -0.1) is 0 Å². The summed E-state index contributed by atoms with van der Waals surface area (Å²) in [6.07, 6.45) is 7.67. The second-order valence-corrected chi connectivity index (χ2v) is 7.94. The third-order valence-electron chi connectivity index (χ3n) is 5.64. The van der Waals surface area contributed by atoms with Crippen LogP contribution in [-0.2, 0) is 6.54 Å². The molecule has 0 saturated carbocycles. The molecule has 1 aromatic carbocycles. The molecule has 3 heterocycles. The highest BCUT2D eigenvalue weighted by molar-refractivity contribution is 5.98. The van der Waals surface area contributed by atoms with Crippen molar-refractivity contribution in [1.82, 2.24) is 19.6 Å². The van der Waals surface area contributed by atoms with Crippen molar-refractivity contribution < 1.29 is 9.59 Å². The molecule has 0 bridgehead atoms. The van der Waals surface area contributed by atoms with Crippen LogP contribution in [0.1, 0.15) is 53.0 Å². The molecule has 150 valence electrons. The fraction of sp³-hybridized carbons (Fsp3) is 0.348. The number of fused-ring (bicyclic) bond motifs is 1. The molecule has 6 heteroatoms. The largest absolute Gasteiger partial charge is 0.348 e. The highest BCUT2D eigenvalue weighted by Gasteiger charge is 2.31. The first-order chi connectivity index (χ1) is 14.0. The molecule has 1 aliphatic heterocycles. The molecule has 0 aliphatic carbocycles. The van der Waals surface area contributed by atoms with Gasteiger partial charge in [0.15, 0.2) is 0 Å². The first-order valence-electron chi connectivity index (χ1n) is 10.1. The minimum atomic E-state index is -0.159. The summed E-state index contributed by atoms with van der Waals surface area (Å²) in [6, 6.07) is 11.2. The van der Waals surface area contributed by atoms with E-state index < -0.39 is 0 Å². The molecule has 1 atom stereocenters. The predicted octanol–water partition coefficient (Wildman–Crippen LogP) is 3.52. The van der Waals surface area contributed by atoms with Gasteiger partial charge >= 0.3 is 0 Å². The summed E-state index contributed by atoms with van der Waals surface area (Å²) in [6.45, 7) is 5.56. The van der Waals surface area contributed by atoms with Crippen LogP contribution < -0.4 is 5.32 Å². The van der Waals surface area contributed by atoms with Gasteiger partial charge in [0, 0.05) is 48.8 Å². The summed E-state index contributed by atoms with van der Waals surface area (Å²) >= 11 is 0. The van der Waals surface area contributed by atoms with E-state index in [1.54, 1.807) is 30.5 Å². The number of amides is 2. The number of nitrogens with one attached hydrogen (secondary N) is 1. The van der Waals surface area contributed by atoms with Crippen molar-refractivity contribution in [3.63, 3.8) is 0 Å². The summed E-state index contributed by atoms with van der Waals surface area (Å²) in [5.41, 5.74) is 3.02. The zero-order chi connectivity index (χ0) is 20.4. The number of carbonyl (C=O) groups is 2. The Hall–Kier alpha value is -3.15. The topological polar surface area (TPSA) is 66.7 Å². The van der Waals surface area contributed by atoms with E-state index in [-0.39, 0.29) is 11.8 Å². The lowest BCUT2D eigenvalue weighted by Crippen LogP contribution is -2.38. The van der Waals surface area contributed by atoms with Crippen LogP contribution in [0.2, 0.25) is 0 Å². The fourth-order valence-corrected chi connectivity index (χ4v) is 4.01. The van der Waals surface area contributed by atoms with E-state index >= 15 is 0 Å². The number of nitrogens with zero attached hydrogens (tertiary/aromatic N) is 3. The summed E-state index contributed by atoms with van der Waals surface area (Å²) in [5, 5.41) is 2.93. The molecule has 3 aromatic rings. The fourth-order valence-electron chi connectivity index (χ4n) is 4.01. The van der Waals surface area contributed by atoms with Crippen molar-refractivity contribution in [2.75, 3.05) is 6.54 Å². The lowest BCUT2D eigenvalue weighted by atomic mass is 10.0. The quantitative estimate of drug-likeness (QED) is 0.725. The molecule has 0 radical (unpaired) electrons. The van der Waals surface area contributed by atoms with Crippen molar-refractivity contribution >= 4 is 17.5 Å². The zero-order valence-electron chi connectivity index (χ0n) is 16.8. The average molecular weight is 390 g/mol. The second kappa shape index (κ2) is 8.07. The van der Waals surface area contributed by atoms with Crippen LogP contribution in [0, 0.1) is 5.92 Å². The van der Waals surface area contributed by atoms with Crippen molar-refractivity contribution in [2.24, 2.45) is 5.92 Å². The number of likely N-dealkylation sites (tertiary alicyclic amines) is 1. The molecule has 1 saturated heterocycles. The zero-order valence-corrected chi connectivity index (χ0v) is 16.8. The Kier molecular flexibility index (Phi) is 5.34. The molecule has 0 spiro atoms. The first kappa shape index (κ1) is 19.2. The smallest absolute Gasteiger partial charge is 0.254 e. The van der Waals surface area contributed by atoms with E-state index in [0.29, 0.717) is 29.6 Å². The average Bonchev–Trinajstić information content (AvgIpc) is 3.40. The minimum absolute atomic E-state index is 0.0566. The Labute approximate surface area is 170 Å². The van der Waals surface area contributed by atoms with Crippen LogP contribution in [0.25, 0.3) is 5.65 Å². The lowest BCUT2D eigenvalue weighted by Gasteiger charge is -2.27. The van der Waals surface area contributed by atoms with Gasteiger partial charge in [0.05, 0.1) is 0 Å². The summed E-state index contributed by atoms with van der Waals surface area (Å²) in [4.78, 5) is 31.6. The van der Waals surface area contributed by atoms with Gasteiger partial charge in [-0.05, 0) is 60.7 Å². The number of rotatable bonds is 5. The molecular formula is C23H26N4O2. The number of pyridine rings is 1. The van der Waals surface area contributed by atoms with Gasteiger partial charge in [-0.2, -0.15) is 0 Å². The highest BCUT2D eigenvalue weighted by Crippen LogP contribution is 2.25. The van der Waals surface area contributed by atoms with E-state index in [1.807, 2.05) is 33.8 Å². The van der Waals surface area contributed by atoms with Crippen LogP contribution in [0.4, 0.5) is 0 Å². The number of aromatic nitrogens is 2. The van der Waals surface area contributed by atoms with E-state index in [4.69, 9.17) is 0 Å². The third kappa shape index (κ3) is 4.01. The molecule has 2 amide bonds. The Bertz CT molecular complexity index is 1020. The maximum Gasteiger partial charge on any atom is 0.254 e. The van der Waals surface area contributed by atoms with Crippen LogP contribution in [-0.4, -0.2) is 38.7 Å². The number of benzene rings is 1. The van der Waals surface area contributed by atoms with Gasteiger partial charge in [0.25, 0.3) is 11.8 Å². The van der Waals surface area contributed by atoms with Gasteiger partial charge in [-0.1, -0.05) is 13.8 Å².